The fourth-order valence-corrected chi connectivity index (χ4v) is 1.88. The van der Waals surface area contributed by atoms with Crippen LogP contribution in [-0.2, 0) is 17.9 Å². The van der Waals surface area contributed by atoms with Gasteiger partial charge in [-0.2, -0.15) is 0 Å². The number of ether oxygens (including phenoxy) is 1. The summed E-state index contributed by atoms with van der Waals surface area (Å²) in [6, 6.07) is 8.25. The first-order chi connectivity index (χ1) is 8.90. The van der Waals surface area contributed by atoms with E-state index in [1.165, 1.54) is 5.56 Å². The van der Waals surface area contributed by atoms with E-state index in [2.05, 4.69) is 27.0 Å². The third kappa shape index (κ3) is 3.60. The van der Waals surface area contributed by atoms with E-state index in [0.717, 1.165) is 25.2 Å². The highest BCUT2D eigenvalue weighted by Gasteiger charge is 2.00. The number of benzene rings is 1. The highest BCUT2D eigenvalue weighted by molar-refractivity contribution is 5.50. The number of nitrogens with one attached hydrogen (secondary N) is 1. The first-order valence-electron chi connectivity index (χ1n) is 6.16. The molecule has 1 heterocycles. The summed E-state index contributed by atoms with van der Waals surface area (Å²) in [5.41, 5.74) is 2.35. The number of hydrogen-bond donors (Lipinski definition) is 1. The molecule has 2 aromatic rings. The maximum absolute atomic E-state index is 5.18. The number of anilines is 1. The van der Waals surface area contributed by atoms with Crippen LogP contribution in [0.25, 0.3) is 0 Å². The predicted molar refractivity (Wildman–Crippen MR) is 72.5 cm³/mol. The highest BCUT2D eigenvalue weighted by atomic mass is 16.5. The van der Waals surface area contributed by atoms with E-state index in [9.17, 15) is 0 Å². The van der Waals surface area contributed by atoms with Crippen molar-refractivity contribution in [1.29, 1.82) is 0 Å². The molecule has 4 nitrogen and oxygen atoms in total. The van der Waals surface area contributed by atoms with Gasteiger partial charge in [-0.25, -0.2) is 4.98 Å². The number of methoxy groups -OCH3 is 1. The molecule has 0 amide bonds. The molecule has 0 spiro atoms. The van der Waals surface area contributed by atoms with E-state index in [0.29, 0.717) is 6.61 Å². The van der Waals surface area contributed by atoms with Crippen molar-refractivity contribution in [2.75, 3.05) is 19.0 Å². The minimum atomic E-state index is 0.644. The van der Waals surface area contributed by atoms with Crippen molar-refractivity contribution in [2.24, 2.45) is 0 Å². The Labute approximate surface area is 108 Å². The monoisotopic (exact) mass is 245 g/mol. The topological polar surface area (TPSA) is 39.1 Å². The molecule has 0 saturated heterocycles. The van der Waals surface area contributed by atoms with E-state index >= 15 is 0 Å². The molecule has 0 saturated carbocycles. The third-order valence-electron chi connectivity index (χ3n) is 2.78. The molecule has 0 atom stereocenters. The molecule has 4 heteroatoms. The number of aryl methyl sites for hydroxylation is 1. The van der Waals surface area contributed by atoms with Gasteiger partial charge in [0.25, 0.3) is 0 Å². The molecule has 1 aromatic carbocycles. The minimum absolute atomic E-state index is 0.644. The second-order valence-corrected chi connectivity index (χ2v) is 4.17. The summed E-state index contributed by atoms with van der Waals surface area (Å²) in [6.45, 7) is 2.57. The molecule has 1 aromatic heterocycles. The average molecular weight is 245 g/mol. The van der Waals surface area contributed by atoms with Crippen LogP contribution in [0.4, 0.5) is 5.69 Å². The standard InChI is InChI=1S/C14H19N3O/c1-18-11-13-5-2-3-6-14(13)16-7-4-9-17-10-8-15-12-17/h2-3,5-6,8,10,12,16H,4,7,9,11H2,1H3. The molecule has 0 aliphatic carbocycles. The summed E-state index contributed by atoms with van der Waals surface area (Å²) in [5.74, 6) is 0. The maximum atomic E-state index is 5.18. The third-order valence-corrected chi connectivity index (χ3v) is 2.78. The van der Waals surface area contributed by atoms with Crippen molar-refractivity contribution in [3.63, 3.8) is 0 Å². The van der Waals surface area contributed by atoms with Crippen molar-refractivity contribution in [3.05, 3.63) is 48.5 Å². The smallest absolute Gasteiger partial charge is 0.0945 e. The van der Waals surface area contributed by atoms with Crippen LogP contribution in [0, 0.1) is 0 Å². The molecular weight excluding hydrogens is 226 g/mol. The van der Waals surface area contributed by atoms with Gasteiger partial charge in [0.2, 0.25) is 0 Å². The summed E-state index contributed by atoms with van der Waals surface area (Å²) in [7, 11) is 1.72. The van der Waals surface area contributed by atoms with Gasteiger partial charge >= 0.3 is 0 Å². The first-order valence-corrected chi connectivity index (χ1v) is 6.16. The Morgan fingerprint density at radius 1 is 1.33 bits per heavy atom. The van der Waals surface area contributed by atoms with Crippen molar-refractivity contribution in [2.45, 2.75) is 19.6 Å². The number of para-hydroxylation sites is 1. The van der Waals surface area contributed by atoms with Crippen LogP contribution in [0.1, 0.15) is 12.0 Å². The minimum Gasteiger partial charge on any atom is -0.385 e. The van der Waals surface area contributed by atoms with Crippen LogP contribution in [0.3, 0.4) is 0 Å². The number of aromatic nitrogens is 2. The Morgan fingerprint density at radius 2 is 2.22 bits per heavy atom. The highest BCUT2D eigenvalue weighted by Crippen LogP contribution is 2.15. The van der Waals surface area contributed by atoms with Crippen molar-refractivity contribution in [3.8, 4) is 0 Å². The van der Waals surface area contributed by atoms with Gasteiger partial charge in [-0.1, -0.05) is 18.2 Å². The van der Waals surface area contributed by atoms with E-state index < -0.39 is 0 Å². The molecule has 96 valence electrons. The molecule has 0 aliphatic rings. The Hall–Kier alpha value is -1.81. The van der Waals surface area contributed by atoms with Gasteiger partial charge in [0.1, 0.15) is 0 Å². The van der Waals surface area contributed by atoms with Gasteiger partial charge in [0.05, 0.1) is 12.9 Å². The number of hydrogen-bond acceptors (Lipinski definition) is 3. The largest absolute Gasteiger partial charge is 0.385 e. The number of imidazole rings is 1. The molecule has 0 fully saturated rings. The Bertz CT molecular complexity index is 454. The number of rotatable bonds is 7. The van der Waals surface area contributed by atoms with Gasteiger partial charge in [-0.05, 0) is 12.5 Å². The van der Waals surface area contributed by atoms with Crippen molar-refractivity contribution >= 4 is 5.69 Å². The van der Waals surface area contributed by atoms with E-state index in [4.69, 9.17) is 4.74 Å². The lowest BCUT2D eigenvalue weighted by atomic mass is 10.2. The fourth-order valence-electron chi connectivity index (χ4n) is 1.88. The van der Waals surface area contributed by atoms with Crippen molar-refractivity contribution < 1.29 is 4.74 Å². The van der Waals surface area contributed by atoms with Gasteiger partial charge < -0.3 is 14.6 Å². The van der Waals surface area contributed by atoms with E-state index in [1.54, 1.807) is 13.3 Å². The summed E-state index contributed by atoms with van der Waals surface area (Å²) in [5, 5.41) is 3.45. The summed E-state index contributed by atoms with van der Waals surface area (Å²) < 4.78 is 7.27. The Balaban J connectivity index is 1.79. The zero-order valence-corrected chi connectivity index (χ0v) is 10.7. The lowest BCUT2D eigenvalue weighted by Gasteiger charge is -2.11. The van der Waals surface area contributed by atoms with Crippen LogP contribution in [-0.4, -0.2) is 23.2 Å². The summed E-state index contributed by atoms with van der Waals surface area (Å²) in [4.78, 5) is 4.02. The average Bonchev–Trinajstić information content (AvgIpc) is 2.90. The zero-order valence-electron chi connectivity index (χ0n) is 10.7. The second kappa shape index (κ2) is 6.81. The normalized spacial score (nSPS) is 10.5. The quantitative estimate of drug-likeness (QED) is 0.762. The van der Waals surface area contributed by atoms with Crippen molar-refractivity contribution in [1.82, 2.24) is 9.55 Å². The molecule has 2 rings (SSSR count). The molecule has 0 unspecified atom stereocenters. The molecule has 1 N–H and O–H groups in total. The van der Waals surface area contributed by atoms with Crippen LogP contribution in [0.5, 0.6) is 0 Å². The van der Waals surface area contributed by atoms with Gasteiger partial charge in [-0.3, -0.25) is 0 Å². The van der Waals surface area contributed by atoms with Crippen LogP contribution in [0.15, 0.2) is 43.0 Å². The SMILES string of the molecule is COCc1ccccc1NCCCn1ccnc1. The molecular formula is C14H19N3O. The molecule has 0 bridgehead atoms. The molecule has 0 radical (unpaired) electrons. The number of nitrogens with zero attached hydrogens (tertiary/aromatic N) is 2. The van der Waals surface area contributed by atoms with Crippen LogP contribution < -0.4 is 5.32 Å². The maximum Gasteiger partial charge on any atom is 0.0945 e. The van der Waals surface area contributed by atoms with Gasteiger partial charge in [-0.15, -0.1) is 0 Å². The zero-order chi connectivity index (χ0) is 12.6. The Morgan fingerprint density at radius 3 is 3.00 bits per heavy atom. The first kappa shape index (κ1) is 12.6. The fraction of sp³-hybridized carbons (Fsp3) is 0.357. The lowest BCUT2D eigenvalue weighted by Crippen LogP contribution is -2.07. The van der Waals surface area contributed by atoms with E-state index in [1.807, 2.05) is 24.7 Å². The van der Waals surface area contributed by atoms with Gasteiger partial charge in [0, 0.05) is 43.8 Å². The molecule has 0 aliphatic heterocycles. The summed E-state index contributed by atoms with van der Waals surface area (Å²) >= 11 is 0. The van der Waals surface area contributed by atoms with Crippen LogP contribution >= 0.6 is 0 Å². The second-order valence-electron chi connectivity index (χ2n) is 4.17. The summed E-state index contributed by atoms with van der Waals surface area (Å²) in [6.07, 6.45) is 6.71. The van der Waals surface area contributed by atoms with Crippen LogP contribution in [0.2, 0.25) is 0 Å². The molecule has 18 heavy (non-hydrogen) atoms. The predicted octanol–water partition coefficient (Wildman–Crippen LogP) is 2.53. The Kier molecular flexibility index (Phi) is 4.78. The van der Waals surface area contributed by atoms with E-state index in [-0.39, 0.29) is 0 Å². The van der Waals surface area contributed by atoms with Gasteiger partial charge in [0.15, 0.2) is 0 Å². The lowest BCUT2D eigenvalue weighted by molar-refractivity contribution is 0.185.